The van der Waals surface area contributed by atoms with Crippen LogP contribution in [0.3, 0.4) is 0 Å². The molecule has 1 rings (SSSR count). The highest BCUT2D eigenvalue weighted by atomic mass is 14.1. The van der Waals surface area contributed by atoms with E-state index in [0.29, 0.717) is 5.92 Å². The lowest BCUT2D eigenvalue weighted by atomic mass is 9.90. The molecule has 0 saturated carbocycles. The molecule has 20 heavy (non-hydrogen) atoms. The first-order valence-electron chi connectivity index (χ1n) is 8.02. The zero-order chi connectivity index (χ0) is 14.5. The first-order valence-corrected chi connectivity index (χ1v) is 8.02. The predicted octanol–water partition coefficient (Wildman–Crippen LogP) is 6.47. The zero-order valence-electron chi connectivity index (χ0n) is 12.9. The average Bonchev–Trinajstić information content (AvgIpc) is 2.50. The van der Waals surface area contributed by atoms with Crippen LogP contribution in [0, 0.1) is 6.92 Å². The third-order valence-electron chi connectivity index (χ3n) is 3.68. The minimum absolute atomic E-state index is 0.683. The fourth-order valence-corrected chi connectivity index (χ4v) is 2.48. The molecule has 1 atom stereocenters. The normalized spacial score (nSPS) is 13.3. The molecule has 0 aliphatic carbocycles. The Morgan fingerprint density at radius 2 is 1.75 bits per heavy atom. The van der Waals surface area contributed by atoms with E-state index in [0.717, 1.165) is 12.8 Å². The molecule has 109 valence electrons. The van der Waals surface area contributed by atoms with E-state index < -0.39 is 0 Å². The Morgan fingerprint density at radius 3 is 2.45 bits per heavy atom. The van der Waals surface area contributed by atoms with Crippen LogP contribution in [-0.4, -0.2) is 0 Å². The third-order valence-corrected chi connectivity index (χ3v) is 3.68. The van der Waals surface area contributed by atoms with Crippen molar-refractivity contribution in [3.63, 3.8) is 0 Å². The Bertz CT molecular complexity index is 372. The molecular weight excluding hydrogens is 240 g/mol. The summed E-state index contributed by atoms with van der Waals surface area (Å²) in [5, 5.41) is 0. The fourth-order valence-electron chi connectivity index (χ4n) is 2.48. The Balaban J connectivity index is 2.46. The van der Waals surface area contributed by atoms with Gasteiger partial charge in [0, 0.05) is 0 Å². The maximum absolute atomic E-state index is 3.71. The zero-order valence-corrected chi connectivity index (χ0v) is 12.9. The van der Waals surface area contributed by atoms with Crippen LogP contribution in [0.4, 0.5) is 0 Å². The van der Waals surface area contributed by atoms with Gasteiger partial charge in [-0.05, 0) is 44.1 Å². The van der Waals surface area contributed by atoms with Gasteiger partial charge in [0.25, 0.3) is 0 Å². The van der Waals surface area contributed by atoms with Gasteiger partial charge in [0.15, 0.2) is 0 Å². The molecule has 1 aromatic rings. The van der Waals surface area contributed by atoms with Crippen LogP contribution in [0.15, 0.2) is 54.6 Å². The molecule has 0 bridgehead atoms. The first-order chi connectivity index (χ1) is 9.88. The number of allylic oxidation sites excluding steroid dienone is 4. The van der Waals surface area contributed by atoms with Gasteiger partial charge in [-0.3, -0.25) is 0 Å². The van der Waals surface area contributed by atoms with Crippen molar-refractivity contribution in [3.05, 3.63) is 67.1 Å². The van der Waals surface area contributed by atoms with E-state index in [1.807, 2.05) is 6.08 Å². The van der Waals surface area contributed by atoms with Gasteiger partial charge in [-0.1, -0.05) is 80.8 Å². The summed E-state index contributed by atoms with van der Waals surface area (Å²) >= 11 is 0. The monoisotopic (exact) mass is 269 g/mol. The van der Waals surface area contributed by atoms with Gasteiger partial charge >= 0.3 is 0 Å². The molecule has 0 heteroatoms. The lowest BCUT2D eigenvalue weighted by Crippen LogP contribution is -1.97. The van der Waals surface area contributed by atoms with E-state index in [-0.39, 0.29) is 0 Å². The van der Waals surface area contributed by atoms with Crippen molar-refractivity contribution >= 4 is 0 Å². The van der Waals surface area contributed by atoms with Gasteiger partial charge in [0.2, 0.25) is 0 Å². The Morgan fingerprint density at radius 1 is 1.00 bits per heavy atom. The Hall–Kier alpha value is -1.30. The molecule has 0 fully saturated rings. The van der Waals surface area contributed by atoms with Crippen molar-refractivity contribution in [1.82, 2.24) is 0 Å². The molecular formula is C20H29. The standard InChI is InChI=1S/C20H29/c1-3-5-7-8-9-12-16-19(15-11-6-4-2)20-17-13-10-14-18-20/h3,5,9-10,12-14,17-19H,1,4,6-8,11,15-16H2,2H3. The molecule has 0 amide bonds. The van der Waals surface area contributed by atoms with E-state index >= 15 is 0 Å². The summed E-state index contributed by atoms with van der Waals surface area (Å²) in [6.45, 7) is 5.98. The lowest BCUT2D eigenvalue weighted by Gasteiger charge is -2.15. The van der Waals surface area contributed by atoms with Crippen molar-refractivity contribution in [2.24, 2.45) is 0 Å². The van der Waals surface area contributed by atoms with Crippen LogP contribution in [0.5, 0.6) is 0 Å². The van der Waals surface area contributed by atoms with Gasteiger partial charge in [0.05, 0.1) is 0 Å². The number of hydrogen-bond donors (Lipinski definition) is 0. The van der Waals surface area contributed by atoms with Crippen molar-refractivity contribution in [2.45, 2.75) is 57.8 Å². The summed E-state index contributed by atoms with van der Waals surface area (Å²) in [5.41, 5.74) is 1.49. The summed E-state index contributed by atoms with van der Waals surface area (Å²) < 4.78 is 0. The van der Waals surface area contributed by atoms with E-state index in [1.54, 1.807) is 0 Å². The molecule has 0 spiro atoms. The second-order valence-corrected chi connectivity index (χ2v) is 5.36. The SMILES string of the molecule is [CH2]C=CCCC=CCC(CCCCC)c1ccccc1. The fraction of sp³-hybridized carbons (Fsp3) is 0.450. The summed E-state index contributed by atoms with van der Waals surface area (Å²) in [7, 11) is 0. The number of rotatable bonds is 10. The summed E-state index contributed by atoms with van der Waals surface area (Å²) in [5.74, 6) is 0.683. The molecule has 0 N–H and O–H groups in total. The molecule has 0 aromatic heterocycles. The predicted molar refractivity (Wildman–Crippen MR) is 90.8 cm³/mol. The quantitative estimate of drug-likeness (QED) is 0.337. The van der Waals surface area contributed by atoms with Crippen LogP contribution in [-0.2, 0) is 0 Å². The smallest absolute Gasteiger partial charge is 0.0127 e. The highest BCUT2D eigenvalue weighted by molar-refractivity contribution is 5.20. The van der Waals surface area contributed by atoms with Crippen LogP contribution >= 0.6 is 0 Å². The van der Waals surface area contributed by atoms with Crippen molar-refractivity contribution in [2.75, 3.05) is 0 Å². The lowest BCUT2D eigenvalue weighted by molar-refractivity contribution is 0.570. The van der Waals surface area contributed by atoms with Gasteiger partial charge in [0.1, 0.15) is 0 Å². The Kier molecular flexibility index (Phi) is 9.65. The maximum atomic E-state index is 3.71. The summed E-state index contributed by atoms with van der Waals surface area (Å²) in [6, 6.07) is 11.0. The minimum Gasteiger partial charge on any atom is -0.0882 e. The highest BCUT2D eigenvalue weighted by Crippen LogP contribution is 2.26. The molecule has 0 saturated heterocycles. The molecule has 1 radical (unpaired) electrons. The molecule has 0 aliphatic heterocycles. The van der Waals surface area contributed by atoms with Crippen LogP contribution in [0.1, 0.15) is 63.4 Å². The summed E-state index contributed by atoms with van der Waals surface area (Å²) in [6.07, 6.45) is 17.4. The van der Waals surface area contributed by atoms with Crippen LogP contribution in [0.2, 0.25) is 0 Å². The van der Waals surface area contributed by atoms with Crippen molar-refractivity contribution in [1.29, 1.82) is 0 Å². The van der Waals surface area contributed by atoms with Gasteiger partial charge in [-0.25, -0.2) is 0 Å². The topological polar surface area (TPSA) is 0 Å². The van der Waals surface area contributed by atoms with Crippen LogP contribution < -0.4 is 0 Å². The Labute approximate surface area is 125 Å². The van der Waals surface area contributed by atoms with Gasteiger partial charge < -0.3 is 0 Å². The highest BCUT2D eigenvalue weighted by Gasteiger charge is 2.08. The van der Waals surface area contributed by atoms with E-state index in [9.17, 15) is 0 Å². The largest absolute Gasteiger partial charge is 0.0882 e. The number of benzene rings is 1. The van der Waals surface area contributed by atoms with Gasteiger partial charge in [-0.2, -0.15) is 0 Å². The van der Waals surface area contributed by atoms with Crippen molar-refractivity contribution < 1.29 is 0 Å². The van der Waals surface area contributed by atoms with E-state index in [2.05, 4.69) is 62.4 Å². The molecule has 0 heterocycles. The minimum atomic E-state index is 0.683. The second kappa shape index (κ2) is 11.5. The van der Waals surface area contributed by atoms with E-state index in [1.165, 1.54) is 37.7 Å². The molecule has 1 aromatic carbocycles. The van der Waals surface area contributed by atoms with Crippen LogP contribution in [0.25, 0.3) is 0 Å². The third kappa shape index (κ3) is 7.33. The molecule has 1 unspecified atom stereocenters. The number of unbranched alkanes of at least 4 members (excludes halogenated alkanes) is 3. The maximum Gasteiger partial charge on any atom is -0.0127 e. The molecule has 0 nitrogen and oxygen atoms in total. The number of hydrogen-bond acceptors (Lipinski definition) is 0. The molecule has 0 aliphatic rings. The average molecular weight is 269 g/mol. The summed E-state index contributed by atoms with van der Waals surface area (Å²) in [4.78, 5) is 0. The first kappa shape index (κ1) is 16.8. The van der Waals surface area contributed by atoms with Gasteiger partial charge in [-0.15, -0.1) is 0 Å². The second-order valence-electron chi connectivity index (χ2n) is 5.36. The van der Waals surface area contributed by atoms with E-state index in [4.69, 9.17) is 0 Å². The van der Waals surface area contributed by atoms with Crippen molar-refractivity contribution in [3.8, 4) is 0 Å².